The maximum absolute atomic E-state index is 12.3. The molecule has 0 aromatic rings. The van der Waals surface area contributed by atoms with Crippen LogP contribution < -0.4 is 5.32 Å². The van der Waals surface area contributed by atoms with Gasteiger partial charge in [0.2, 0.25) is 11.8 Å². The molecule has 6 heteroatoms. The number of hydrogen-bond donors (Lipinski definition) is 2. The van der Waals surface area contributed by atoms with Crippen LogP contribution in [0.4, 0.5) is 0 Å². The third-order valence-corrected chi connectivity index (χ3v) is 4.45. The Labute approximate surface area is 124 Å². The summed E-state index contributed by atoms with van der Waals surface area (Å²) >= 11 is 0. The lowest BCUT2D eigenvalue weighted by Crippen LogP contribution is -2.41. The molecule has 118 valence electrons. The molecule has 0 spiro atoms. The quantitative estimate of drug-likeness (QED) is 0.810. The number of carboxylic acids is 1. The second-order valence-electron chi connectivity index (χ2n) is 7.04. The molecule has 2 aliphatic rings. The molecule has 2 aliphatic heterocycles. The molecule has 21 heavy (non-hydrogen) atoms. The van der Waals surface area contributed by atoms with E-state index in [0.29, 0.717) is 13.0 Å². The van der Waals surface area contributed by atoms with Crippen LogP contribution in [-0.4, -0.2) is 46.4 Å². The van der Waals surface area contributed by atoms with Crippen molar-refractivity contribution in [2.45, 2.75) is 58.5 Å². The van der Waals surface area contributed by atoms with E-state index in [1.807, 2.05) is 20.8 Å². The van der Waals surface area contributed by atoms with Gasteiger partial charge in [0.1, 0.15) is 0 Å². The van der Waals surface area contributed by atoms with Crippen molar-refractivity contribution in [1.82, 2.24) is 10.2 Å². The predicted octanol–water partition coefficient (Wildman–Crippen LogP) is 1.00. The summed E-state index contributed by atoms with van der Waals surface area (Å²) in [4.78, 5) is 37.0. The molecule has 0 aliphatic carbocycles. The standard InChI is InChI=1S/C15H24N2O4/c1-15(2,3)14(21)16-7-6-12(18)17-9-4-5-11(17)10(8-9)13(19)20/h9-11H,4-8H2,1-3H3,(H,16,21)(H,19,20). The van der Waals surface area contributed by atoms with Crippen molar-refractivity contribution < 1.29 is 19.5 Å². The van der Waals surface area contributed by atoms with Gasteiger partial charge in [-0.15, -0.1) is 0 Å². The van der Waals surface area contributed by atoms with Crippen LogP contribution in [0.15, 0.2) is 0 Å². The molecule has 0 saturated carbocycles. The average molecular weight is 296 g/mol. The van der Waals surface area contributed by atoms with Crippen molar-refractivity contribution in [3.05, 3.63) is 0 Å². The lowest BCUT2D eigenvalue weighted by atomic mass is 9.89. The lowest BCUT2D eigenvalue weighted by Gasteiger charge is -2.24. The van der Waals surface area contributed by atoms with Gasteiger partial charge in [-0.3, -0.25) is 14.4 Å². The molecule has 2 heterocycles. The van der Waals surface area contributed by atoms with E-state index in [-0.39, 0.29) is 30.3 Å². The molecule has 0 aromatic heterocycles. The van der Waals surface area contributed by atoms with Gasteiger partial charge in [0.25, 0.3) is 0 Å². The second-order valence-corrected chi connectivity index (χ2v) is 7.04. The third kappa shape index (κ3) is 3.19. The number of hydrogen-bond acceptors (Lipinski definition) is 3. The summed E-state index contributed by atoms with van der Waals surface area (Å²) < 4.78 is 0. The molecule has 2 fully saturated rings. The summed E-state index contributed by atoms with van der Waals surface area (Å²) in [7, 11) is 0. The van der Waals surface area contributed by atoms with Gasteiger partial charge < -0.3 is 15.3 Å². The monoisotopic (exact) mass is 296 g/mol. The largest absolute Gasteiger partial charge is 0.481 e. The van der Waals surface area contributed by atoms with E-state index in [9.17, 15) is 19.5 Å². The summed E-state index contributed by atoms with van der Waals surface area (Å²) in [5.41, 5.74) is -0.468. The fourth-order valence-electron chi connectivity index (χ4n) is 3.32. The number of aliphatic carboxylic acids is 1. The Morgan fingerprint density at radius 3 is 2.43 bits per heavy atom. The van der Waals surface area contributed by atoms with Crippen molar-refractivity contribution >= 4 is 17.8 Å². The molecule has 2 saturated heterocycles. The highest BCUT2D eigenvalue weighted by Crippen LogP contribution is 2.42. The Kier molecular flexibility index (Phi) is 4.25. The van der Waals surface area contributed by atoms with E-state index < -0.39 is 17.3 Å². The average Bonchev–Trinajstić information content (AvgIpc) is 2.94. The number of nitrogens with zero attached hydrogens (tertiary/aromatic N) is 1. The minimum absolute atomic E-state index is 0.0412. The normalized spacial score (nSPS) is 27.8. The summed E-state index contributed by atoms with van der Waals surface area (Å²) in [5.74, 6) is -1.35. The van der Waals surface area contributed by atoms with E-state index in [1.54, 1.807) is 4.90 Å². The molecule has 2 bridgehead atoms. The van der Waals surface area contributed by atoms with Crippen molar-refractivity contribution in [3.8, 4) is 0 Å². The number of carbonyl (C=O) groups excluding carboxylic acids is 2. The van der Waals surface area contributed by atoms with Crippen LogP contribution >= 0.6 is 0 Å². The fourth-order valence-corrected chi connectivity index (χ4v) is 3.32. The van der Waals surface area contributed by atoms with Crippen LogP contribution in [0, 0.1) is 11.3 Å². The van der Waals surface area contributed by atoms with Crippen molar-refractivity contribution in [2.24, 2.45) is 11.3 Å². The Morgan fingerprint density at radius 1 is 1.24 bits per heavy atom. The van der Waals surface area contributed by atoms with Gasteiger partial charge in [0, 0.05) is 30.5 Å². The Balaban J connectivity index is 1.85. The van der Waals surface area contributed by atoms with E-state index >= 15 is 0 Å². The van der Waals surface area contributed by atoms with Gasteiger partial charge in [-0.25, -0.2) is 0 Å². The maximum atomic E-state index is 12.3. The zero-order valence-electron chi connectivity index (χ0n) is 12.9. The first-order valence-electron chi connectivity index (χ1n) is 7.54. The second kappa shape index (κ2) is 5.66. The molecule has 2 N–H and O–H groups in total. The van der Waals surface area contributed by atoms with E-state index in [2.05, 4.69) is 5.32 Å². The summed E-state index contributed by atoms with van der Waals surface area (Å²) in [5, 5.41) is 11.9. The zero-order chi connectivity index (χ0) is 15.8. The van der Waals surface area contributed by atoms with Crippen LogP contribution in [0.5, 0.6) is 0 Å². The Hall–Kier alpha value is -1.59. The van der Waals surface area contributed by atoms with Crippen LogP contribution in [0.1, 0.15) is 46.5 Å². The molecule has 2 amide bonds. The first-order valence-corrected chi connectivity index (χ1v) is 7.54. The lowest BCUT2D eigenvalue weighted by molar-refractivity contribution is -0.143. The molecular weight excluding hydrogens is 272 g/mol. The van der Waals surface area contributed by atoms with Gasteiger partial charge in [-0.1, -0.05) is 20.8 Å². The third-order valence-electron chi connectivity index (χ3n) is 4.45. The van der Waals surface area contributed by atoms with E-state index in [4.69, 9.17) is 0 Å². The molecule has 2 rings (SSSR count). The summed E-state index contributed by atoms with van der Waals surface area (Å²) in [6.45, 7) is 5.77. The van der Waals surface area contributed by atoms with Gasteiger partial charge >= 0.3 is 5.97 Å². The van der Waals surface area contributed by atoms with Gasteiger partial charge in [0.05, 0.1) is 5.92 Å². The maximum Gasteiger partial charge on any atom is 0.308 e. The zero-order valence-corrected chi connectivity index (χ0v) is 12.9. The number of rotatable bonds is 4. The SMILES string of the molecule is CC(C)(C)C(=O)NCCC(=O)N1C2CCC1C(C(=O)O)C2. The van der Waals surface area contributed by atoms with E-state index in [0.717, 1.165) is 12.8 Å². The summed E-state index contributed by atoms with van der Waals surface area (Å²) in [6, 6.07) is -0.0831. The van der Waals surface area contributed by atoms with Crippen molar-refractivity contribution in [3.63, 3.8) is 0 Å². The van der Waals surface area contributed by atoms with Crippen molar-refractivity contribution in [2.75, 3.05) is 6.54 Å². The highest BCUT2D eigenvalue weighted by Gasteiger charge is 2.50. The minimum Gasteiger partial charge on any atom is -0.481 e. The first kappa shape index (κ1) is 15.8. The van der Waals surface area contributed by atoms with Gasteiger partial charge in [-0.2, -0.15) is 0 Å². The van der Waals surface area contributed by atoms with Crippen LogP contribution in [0.2, 0.25) is 0 Å². The fraction of sp³-hybridized carbons (Fsp3) is 0.800. The predicted molar refractivity (Wildman–Crippen MR) is 76.5 cm³/mol. The molecule has 6 nitrogen and oxygen atoms in total. The van der Waals surface area contributed by atoms with Gasteiger partial charge in [0.15, 0.2) is 0 Å². The number of nitrogens with one attached hydrogen (secondary N) is 1. The Bertz CT molecular complexity index is 455. The van der Waals surface area contributed by atoms with Crippen molar-refractivity contribution in [1.29, 1.82) is 0 Å². The molecule has 3 atom stereocenters. The van der Waals surface area contributed by atoms with Crippen LogP contribution in [0.3, 0.4) is 0 Å². The molecule has 0 radical (unpaired) electrons. The highest BCUT2D eigenvalue weighted by atomic mass is 16.4. The molecule has 0 aromatic carbocycles. The van der Waals surface area contributed by atoms with Gasteiger partial charge in [-0.05, 0) is 19.3 Å². The smallest absolute Gasteiger partial charge is 0.308 e. The highest BCUT2D eigenvalue weighted by molar-refractivity contribution is 5.83. The topological polar surface area (TPSA) is 86.7 Å². The summed E-state index contributed by atoms with van der Waals surface area (Å²) in [6.07, 6.45) is 2.48. The minimum atomic E-state index is -0.805. The Morgan fingerprint density at radius 2 is 1.90 bits per heavy atom. The number of amides is 2. The number of carboxylic acid groups (broad SMARTS) is 1. The number of carbonyl (C=O) groups is 3. The first-order chi connectivity index (χ1) is 9.71. The van der Waals surface area contributed by atoms with Crippen LogP contribution in [0.25, 0.3) is 0 Å². The number of fused-ring (bicyclic) bond motifs is 2. The van der Waals surface area contributed by atoms with E-state index in [1.165, 1.54) is 0 Å². The molecule has 3 unspecified atom stereocenters. The molecular formula is C15H24N2O4. The van der Waals surface area contributed by atoms with Crippen LogP contribution in [-0.2, 0) is 14.4 Å².